The molecule has 0 radical (unpaired) electrons. The van der Waals surface area contributed by atoms with Crippen LogP contribution in [0.1, 0.15) is 12.1 Å². The van der Waals surface area contributed by atoms with Gasteiger partial charge >= 0.3 is 0 Å². The number of alkyl halides is 1. The van der Waals surface area contributed by atoms with Crippen LogP contribution in [0.25, 0.3) is 5.57 Å². The maximum absolute atomic E-state index is 9.21. The number of allylic oxidation sites excluding steroid dienone is 1. The van der Waals surface area contributed by atoms with E-state index in [1.165, 1.54) is 0 Å². The summed E-state index contributed by atoms with van der Waals surface area (Å²) in [6, 6.07) is 3.94. The zero-order valence-corrected chi connectivity index (χ0v) is 12.9. The number of aryl methyl sites for hydroxylation is 1. The number of aliphatic hydroxyl groups excluding tert-OH is 2. The molecule has 0 aliphatic heterocycles. The van der Waals surface area contributed by atoms with Crippen molar-refractivity contribution in [3.63, 3.8) is 0 Å². The highest BCUT2D eigenvalue weighted by atomic mass is 35.5. The van der Waals surface area contributed by atoms with Gasteiger partial charge in [0.05, 0.1) is 13.2 Å². The second-order valence-corrected chi connectivity index (χ2v) is 5.83. The van der Waals surface area contributed by atoms with Gasteiger partial charge in [-0.3, -0.25) is 4.90 Å². The van der Waals surface area contributed by atoms with Gasteiger partial charge in [0.15, 0.2) is 0 Å². The van der Waals surface area contributed by atoms with Crippen molar-refractivity contribution in [3.05, 3.63) is 41.9 Å². The van der Waals surface area contributed by atoms with Crippen LogP contribution in [0.2, 0.25) is 0 Å². The predicted molar refractivity (Wildman–Crippen MR) is 84.6 cm³/mol. The number of hydrogen-bond acceptors (Lipinski definition) is 4. The lowest BCUT2D eigenvalue weighted by molar-refractivity contribution is 0.122. The van der Waals surface area contributed by atoms with E-state index >= 15 is 0 Å². The Kier molecular flexibility index (Phi) is 5.11. The molecule has 0 spiro atoms. The first-order chi connectivity index (χ1) is 10.0. The van der Waals surface area contributed by atoms with Gasteiger partial charge in [0.2, 0.25) is 0 Å². The number of aliphatic hydroxyl groups is 2. The smallest absolute Gasteiger partial charge is 0.119 e. The number of hydrogen-bond donors (Lipinski definition) is 3. The molecular formula is C15H22ClN3O2. The molecule has 0 aromatic carbocycles. The number of aromatic nitrogens is 1. The Labute approximate surface area is 129 Å². The molecule has 0 saturated heterocycles. The molecule has 1 aromatic rings. The summed E-state index contributed by atoms with van der Waals surface area (Å²) >= 11 is 6.75. The molecule has 1 aliphatic rings. The normalized spacial score (nSPS) is 22.3. The van der Waals surface area contributed by atoms with Crippen LogP contribution in [0.4, 0.5) is 0 Å². The van der Waals surface area contributed by atoms with E-state index in [2.05, 4.69) is 0 Å². The minimum Gasteiger partial charge on any atom is -0.398 e. The maximum atomic E-state index is 9.21. The molecule has 0 bridgehead atoms. The summed E-state index contributed by atoms with van der Waals surface area (Å²) in [6.45, 7) is 0.769. The van der Waals surface area contributed by atoms with Crippen LogP contribution < -0.4 is 5.73 Å². The third-order valence-electron chi connectivity index (χ3n) is 3.77. The Morgan fingerprint density at radius 2 is 2.05 bits per heavy atom. The first-order valence-electron chi connectivity index (χ1n) is 6.98. The molecule has 1 aliphatic carbocycles. The minimum atomic E-state index is -0.784. The van der Waals surface area contributed by atoms with E-state index in [9.17, 15) is 10.2 Å². The predicted octanol–water partition coefficient (Wildman–Crippen LogP) is 0.876. The van der Waals surface area contributed by atoms with Crippen molar-refractivity contribution in [2.45, 2.75) is 11.4 Å². The first kappa shape index (κ1) is 16.1. The van der Waals surface area contributed by atoms with Gasteiger partial charge in [-0.1, -0.05) is 17.7 Å². The molecule has 0 fully saturated rings. The van der Waals surface area contributed by atoms with Crippen molar-refractivity contribution in [1.29, 1.82) is 0 Å². The lowest BCUT2D eigenvalue weighted by Crippen LogP contribution is -2.46. The highest BCUT2D eigenvalue weighted by molar-refractivity contribution is 6.26. The van der Waals surface area contributed by atoms with Crippen LogP contribution >= 0.6 is 11.6 Å². The molecule has 0 saturated carbocycles. The zero-order valence-electron chi connectivity index (χ0n) is 12.2. The Morgan fingerprint density at radius 1 is 1.38 bits per heavy atom. The second kappa shape index (κ2) is 6.66. The van der Waals surface area contributed by atoms with Gasteiger partial charge in [0.1, 0.15) is 5.00 Å². The molecule has 5 nitrogen and oxygen atoms in total. The van der Waals surface area contributed by atoms with E-state index in [4.69, 9.17) is 17.3 Å². The maximum Gasteiger partial charge on any atom is 0.119 e. The Bertz CT molecular complexity index is 547. The van der Waals surface area contributed by atoms with Crippen molar-refractivity contribution in [2.24, 2.45) is 12.8 Å². The molecule has 1 aromatic heterocycles. The van der Waals surface area contributed by atoms with E-state index in [1.807, 2.05) is 47.0 Å². The number of rotatable bonds is 6. The molecule has 0 amide bonds. The van der Waals surface area contributed by atoms with E-state index in [-0.39, 0.29) is 13.2 Å². The summed E-state index contributed by atoms with van der Waals surface area (Å²) in [7, 11) is 1.95. The molecule has 2 rings (SSSR count). The van der Waals surface area contributed by atoms with Crippen LogP contribution in [0.3, 0.4) is 0 Å². The van der Waals surface area contributed by atoms with Gasteiger partial charge in [-0.2, -0.15) is 0 Å². The van der Waals surface area contributed by atoms with E-state index in [0.29, 0.717) is 25.2 Å². The van der Waals surface area contributed by atoms with Crippen molar-refractivity contribution < 1.29 is 10.2 Å². The lowest BCUT2D eigenvalue weighted by Gasteiger charge is -2.38. The molecule has 1 unspecified atom stereocenters. The van der Waals surface area contributed by atoms with Crippen LogP contribution in [0.15, 0.2) is 36.2 Å². The second-order valence-electron chi connectivity index (χ2n) is 5.18. The highest BCUT2D eigenvalue weighted by Crippen LogP contribution is 2.37. The largest absolute Gasteiger partial charge is 0.398 e. The van der Waals surface area contributed by atoms with E-state index in [1.54, 1.807) is 0 Å². The molecule has 6 heteroatoms. The Morgan fingerprint density at radius 3 is 2.57 bits per heavy atom. The summed E-state index contributed by atoms with van der Waals surface area (Å²) in [5, 5.41) is 18.4. The highest BCUT2D eigenvalue weighted by Gasteiger charge is 2.34. The molecule has 1 heterocycles. The van der Waals surface area contributed by atoms with Gasteiger partial charge in [0.25, 0.3) is 0 Å². The van der Waals surface area contributed by atoms with E-state index in [0.717, 1.165) is 11.3 Å². The fourth-order valence-electron chi connectivity index (χ4n) is 2.63. The SMILES string of the molecule is Cn1cccc1C1=CC(Cl)(N(CCO)CCO)CC=C1N. The van der Waals surface area contributed by atoms with Crippen LogP contribution in [-0.4, -0.2) is 51.0 Å². The summed E-state index contributed by atoms with van der Waals surface area (Å²) < 4.78 is 1.98. The standard InChI is InChI=1S/C15H22ClN3O2/c1-18-6-2-3-14(18)12-11-15(16,5-4-13(12)17)19(7-9-20)8-10-21/h2-4,6,11,20-21H,5,7-10,17H2,1H3. The number of nitrogens with zero attached hydrogens (tertiary/aromatic N) is 2. The van der Waals surface area contributed by atoms with Gasteiger partial charge in [-0.15, -0.1) is 0 Å². The summed E-state index contributed by atoms with van der Waals surface area (Å²) in [4.78, 5) is 1.08. The van der Waals surface area contributed by atoms with E-state index < -0.39 is 5.00 Å². The summed E-state index contributed by atoms with van der Waals surface area (Å²) in [5.74, 6) is 0. The lowest BCUT2D eigenvalue weighted by atomic mass is 9.95. The molecule has 4 N–H and O–H groups in total. The fraction of sp³-hybridized carbons (Fsp3) is 0.467. The molecule has 21 heavy (non-hydrogen) atoms. The Balaban J connectivity index is 2.37. The third kappa shape index (κ3) is 3.32. The summed E-state index contributed by atoms with van der Waals surface area (Å²) in [5.41, 5.74) is 8.67. The van der Waals surface area contributed by atoms with Crippen LogP contribution in [0.5, 0.6) is 0 Å². The van der Waals surface area contributed by atoms with Crippen molar-refractivity contribution >= 4 is 17.2 Å². The van der Waals surface area contributed by atoms with Crippen LogP contribution in [-0.2, 0) is 7.05 Å². The average molecular weight is 312 g/mol. The monoisotopic (exact) mass is 311 g/mol. The summed E-state index contributed by atoms with van der Waals surface area (Å²) in [6.07, 6.45) is 6.31. The van der Waals surface area contributed by atoms with Crippen molar-refractivity contribution in [3.8, 4) is 0 Å². The third-order valence-corrected chi connectivity index (χ3v) is 4.27. The fourth-order valence-corrected chi connectivity index (χ4v) is 2.99. The number of halogens is 1. The first-order valence-corrected chi connectivity index (χ1v) is 7.36. The minimum absolute atomic E-state index is 0.0129. The topological polar surface area (TPSA) is 74.6 Å². The quantitative estimate of drug-likeness (QED) is 0.538. The van der Waals surface area contributed by atoms with Gasteiger partial charge < -0.3 is 20.5 Å². The van der Waals surface area contributed by atoms with Gasteiger partial charge in [-0.05, 0) is 18.2 Å². The Hall–Kier alpha value is -1.27. The van der Waals surface area contributed by atoms with Gasteiger partial charge in [0, 0.05) is 49.7 Å². The van der Waals surface area contributed by atoms with Crippen molar-refractivity contribution in [2.75, 3.05) is 26.3 Å². The average Bonchev–Trinajstić information content (AvgIpc) is 2.88. The van der Waals surface area contributed by atoms with Gasteiger partial charge in [-0.25, -0.2) is 0 Å². The molecule has 1 atom stereocenters. The molecule has 116 valence electrons. The van der Waals surface area contributed by atoms with Crippen LogP contribution in [0, 0.1) is 0 Å². The van der Waals surface area contributed by atoms with Crippen molar-refractivity contribution in [1.82, 2.24) is 9.47 Å². The number of nitrogens with two attached hydrogens (primary N) is 1. The zero-order chi connectivity index (χ0) is 15.5. The molecular weight excluding hydrogens is 290 g/mol.